The van der Waals surface area contributed by atoms with E-state index in [0.717, 1.165) is 33.6 Å². The first-order valence-corrected chi connectivity index (χ1v) is 13.5. The predicted molar refractivity (Wildman–Crippen MR) is 136 cm³/mol. The van der Waals surface area contributed by atoms with E-state index in [4.69, 9.17) is 14.2 Å². The second kappa shape index (κ2) is 10.5. The van der Waals surface area contributed by atoms with Gasteiger partial charge >= 0.3 is 5.97 Å². The van der Waals surface area contributed by atoms with Crippen molar-refractivity contribution in [2.24, 2.45) is 0 Å². The molecule has 0 aromatic heterocycles. The largest absolute Gasteiger partial charge is 0.494 e. The van der Waals surface area contributed by atoms with Crippen LogP contribution in [0.1, 0.15) is 37.3 Å². The molecule has 8 heteroatoms. The lowest BCUT2D eigenvalue weighted by Crippen LogP contribution is -2.57. The fourth-order valence-electron chi connectivity index (χ4n) is 4.94. The molecular formula is C27H33NO6S. The van der Waals surface area contributed by atoms with Crippen molar-refractivity contribution in [2.45, 2.75) is 37.9 Å². The van der Waals surface area contributed by atoms with Gasteiger partial charge in [-0.3, -0.25) is 4.79 Å². The first-order chi connectivity index (χ1) is 16.8. The number of esters is 1. The summed E-state index contributed by atoms with van der Waals surface area (Å²) >= 11 is 0. The van der Waals surface area contributed by atoms with Crippen LogP contribution >= 0.6 is 0 Å². The van der Waals surface area contributed by atoms with Gasteiger partial charge in [0, 0.05) is 39.1 Å². The smallest absolute Gasteiger partial charge is 0.328 e. The average Bonchev–Trinajstić information content (AvgIpc) is 2.89. The third-order valence-corrected chi connectivity index (χ3v) is 9.49. The number of rotatable bonds is 7. The molecule has 0 atom stereocenters. The van der Waals surface area contributed by atoms with Crippen molar-refractivity contribution in [1.82, 2.24) is 4.31 Å². The summed E-state index contributed by atoms with van der Waals surface area (Å²) in [7, 11) is -2.66. The Morgan fingerprint density at radius 3 is 2.51 bits per heavy atom. The van der Waals surface area contributed by atoms with Crippen molar-refractivity contribution in [3.8, 4) is 16.9 Å². The van der Waals surface area contributed by atoms with Crippen molar-refractivity contribution in [2.75, 3.05) is 40.0 Å². The van der Waals surface area contributed by atoms with Crippen LogP contribution in [0.5, 0.6) is 5.75 Å². The number of hydrogen-bond acceptors (Lipinski definition) is 6. The van der Waals surface area contributed by atoms with Gasteiger partial charge in [0.2, 0.25) is 10.0 Å². The lowest BCUT2D eigenvalue weighted by molar-refractivity contribution is -0.146. The minimum absolute atomic E-state index is 0.111. The van der Waals surface area contributed by atoms with Crippen molar-refractivity contribution in [3.63, 3.8) is 0 Å². The standard InChI is InChI=1S/C27H33NO6S/c1-4-34-24-7-5-6-23(19-24)25-9-8-22(18-20(25)2)21-10-14-28(15-11-21)35(30,31)27(26(29)32-3)12-16-33-17-13-27/h5-10,18-19H,4,11-17H2,1-3H3. The Labute approximate surface area is 207 Å². The van der Waals surface area contributed by atoms with Gasteiger partial charge in [0.1, 0.15) is 5.75 Å². The molecule has 2 heterocycles. The Hall–Kier alpha value is -2.68. The quantitative estimate of drug-likeness (QED) is 0.531. The van der Waals surface area contributed by atoms with Crippen LogP contribution in [0.25, 0.3) is 16.7 Å². The molecule has 0 spiro atoms. The molecule has 7 nitrogen and oxygen atoms in total. The monoisotopic (exact) mass is 499 g/mol. The van der Waals surface area contributed by atoms with Gasteiger partial charge in [0.25, 0.3) is 0 Å². The molecule has 188 valence electrons. The number of carbonyl (C=O) groups excluding carboxylic acids is 1. The number of sulfonamides is 1. The van der Waals surface area contributed by atoms with Crippen LogP contribution in [-0.4, -0.2) is 63.5 Å². The Kier molecular flexibility index (Phi) is 7.64. The fourth-order valence-corrected chi connectivity index (χ4v) is 7.01. The van der Waals surface area contributed by atoms with Gasteiger partial charge in [0.05, 0.1) is 13.7 Å². The van der Waals surface area contributed by atoms with Crippen LogP contribution < -0.4 is 4.74 Å². The molecule has 35 heavy (non-hydrogen) atoms. The highest BCUT2D eigenvalue weighted by Crippen LogP contribution is 2.36. The highest BCUT2D eigenvalue weighted by atomic mass is 32.2. The number of ether oxygens (including phenoxy) is 3. The second-order valence-corrected chi connectivity index (χ2v) is 11.2. The first kappa shape index (κ1) is 25.4. The summed E-state index contributed by atoms with van der Waals surface area (Å²) in [4.78, 5) is 12.6. The van der Waals surface area contributed by atoms with E-state index >= 15 is 0 Å². The topological polar surface area (TPSA) is 82.1 Å². The van der Waals surface area contributed by atoms with E-state index in [9.17, 15) is 13.2 Å². The molecule has 0 unspecified atom stereocenters. The third-order valence-electron chi connectivity index (χ3n) is 6.92. The number of benzene rings is 2. The lowest BCUT2D eigenvalue weighted by Gasteiger charge is -2.38. The van der Waals surface area contributed by atoms with Crippen molar-refractivity contribution >= 4 is 21.6 Å². The number of aryl methyl sites for hydroxylation is 1. The summed E-state index contributed by atoms with van der Waals surface area (Å²) in [5.41, 5.74) is 5.56. The molecule has 0 saturated carbocycles. The molecule has 0 aliphatic carbocycles. The summed E-state index contributed by atoms with van der Waals surface area (Å²) in [6.45, 7) is 5.67. The minimum Gasteiger partial charge on any atom is -0.494 e. The first-order valence-electron chi connectivity index (χ1n) is 12.0. The maximum Gasteiger partial charge on any atom is 0.328 e. The molecule has 2 aliphatic rings. The average molecular weight is 500 g/mol. The predicted octanol–water partition coefficient (Wildman–Crippen LogP) is 4.20. The molecule has 0 amide bonds. The molecule has 2 aromatic carbocycles. The van der Waals surface area contributed by atoms with E-state index in [-0.39, 0.29) is 32.6 Å². The van der Waals surface area contributed by atoms with Crippen molar-refractivity contribution in [1.29, 1.82) is 0 Å². The molecule has 2 aliphatic heterocycles. The molecule has 2 aromatic rings. The van der Waals surface area contributed by atoms with Gasteiger partial charge in [0.15, 0.2) is 4.75 Å². The Bertz CT molecular complexity index is 1210. The molecule has 0 bridgehead atoms. The van der Waals surface area contributed by atoms with Gasteiger partial charge in [-0.15, -0.1) is 0 Å². The van der Waals surface area contributed by atoms with Crippen LogP contribution in [-0.2, 0) is 24.3 Å². The van der Waals surface area contributed by atoms with Crippen LogP contribution in [0, 0.1) is 6.92 Å². The van der Waals surface area contributed by atoms with E-state index in [1.165, 1.54) is 11.4 Å². The van der Waals surface area contributed by atoms with Gasteiger partial charge in [-0.25, -0.2) is 8.42 Å². The van der Waals surface area contributed by atoms with Crippen LogP contribution in [0.4, 0.5) is 0 Å². The van der Waals surface area contributed by atoms with Crippen molar-refractivity contribution in [3.05, 3.63) is 59.7 Å². The van der Waals surface area contributed by atoms with E-state index in [2.05, 4.69) is 31.2 Å². The summed E-state index contributed by atoms with van der Waals surface area (Å²) < 4.78 is 42.9. The van der Waals surface area contributed by atoms with Crippen LogP contribution in [0.2, 0.25) is 0 Å². The van der Waals surface area contributed by atoms with Gasteiger partial charge in [-0.2, -0.15) is 4.31 Å². The Balaban J connectivity index is 1.54. The van der Waals surface area contributed by atoms with Crippen LogP contribution in [0.15, 0.2) is 48.5 Å². The lowest BCUT2D eigenvalue weighted by atomic mass is 9.93. The zero-order valence-corrected chi connectivity index (χ0v) is 21.4. The minimum atomic E-state index is -3.90. The van der Waals surface area contributed by atoms with Gasteiger partial charge in [-0.05, 0) is 60.2 Å². The normalized spacial score (nSPS) is 18.5. The van der Waals surface area contributed by atoms with E-state index in [1.54, 1.807) is 0 Å². The summed E-state index contributed by atoms with van der Waals surface area (Å²) in [5, 5.41) is 0. The zero-order valence-electron chi connectivity index (χ0n) is 20.6. The number of methoxy groups -OCH3 is 1. The highest BCUT2D eigenvalue weighted by Gasteiger charge is 2.55. The van der Waals surface area contributed by atoms with Gasteiger partial charge in [-0.1, -0.05) is 36.4 Å². The molecule has 0 N–H and O–H groups in total. The molecular weight excluding hydrogens is 466 g/mol. The zero-order chi connectivity index (χ0) is 25.1. The second-order valence-electron chi connectivity index (χ2n) is 8.93. The fraction of sp³-hybridized carbons (Fsp3) is 0.444. The summed E-state index contributed by atoms with van der Waals surface area (Å²) in [6, 6.07) is 14.4. The number of carbonyl (C=O) groups is 1. The third kappa shape index (κ3) is 4.87. The Morgan fingerprint density at radius 2 is 1.89 bits per heavy atom. The number of hydrogen-bond donors (Lipinski definition) is 0. The molecule has 0 radical (unpaired) electrons. The SMILES string of the molecule is CCOc1cccc(-c2ccc(C3=CCN(S(=O)(=O)C4(C(=O)OC)CCOCC4)CC3)cc2C)c1. The molecule has 1 fully saturated rings. The van der Waals surface area contributed by atoms with E-state index < -0.39 is 20.7 Å². The van der Waals surface area contributed by atoms with Crippen LogP contribution in [0.3, 0.4) is 0 Å². The Morgan fingerprint density at radius 1 is 1.11 bits per heavy atom. The molecule has 4 rings (SSSR count). The van der Waals surface area contributed by atoms with E-state index in [0.29, 0.717) is 19.6 Å². The number of nitrogens with zero attached hydrogens (tertiary/aromatic N) is 1. The van der Waals surface area contributed by atoms with Gasteiger partial charge < -0.3 is 14.2 Å². The summed E-state index contributed by atoms with van der Waals surface area (Å²) in [5.74, 6) is 0.147. The summed E-state index contributed by atoms with van der Waals surface area (Å²) in [6.07, 6.45) is 2.75. The highest BCUT2D eigenvalue weighted by molar-refractivity contribution is 7.91. The molecule has 1 saturated heterocycles. The van der Waals surface area contributed by atoms with E-state index in [1.807, 2.05) is 31.2 Å². The maximum absolute atomic E-state index is 13.6. The maximum atomic E-state index is 13.6. The van der Waals surface area contributed by atoms with Crippen molar-refractivity contribution < 1.29 is 27.4 Å².